The molecule has 3 aromatic rings. The van der Waals surface area contributed by atoms with E-state index in [1.54, 1.807) is 6.07 Å². The molecule has 1 aliphatic carbocycles. The van der Waals surface area contributed by atoms with Gasteiger partial charge in [-0.05, 0) is 77.1 Å². The van der Waals surface area contributed by atoms with Gasteiger partial charge in [-0.25, -0.2) is 0 Å². The Hall–Kier alpha value is -3.11. The summed E-state index contributed by atoms with van der Waals surface area (Å²) in [6.45, 7) is 4.11. The number of allylic oxidation sites excluding steroid dienone is 1. The van der Waals surface area contributed by atoms with Crippen molar-refractivity contribution in [2.24, 2.45) is 0 Å². The van der Waals surface area contributed by atoms with Gasteiger partial charge in [-0.2, -0.15) is 0 Å². The second-order valence-electron chi connectivity index (χ2n) is 7.62. The zero-order valence-electron chi connectivity index (χ0n) is 16.3. The largest absolute Gasteiger partial charge is 0.508 e. The number of aromatic hydroxyl groups is 1. The second-order valence-corrected chi connectivity index (χ2v) is 7.62. The van der Waals surface area contributed by atoms with E-state index in [2.05, 4.69) is 40.2 Å². The van der Waals surface area contributed by atoms with Crippen LogP contribution in [0.15, 0.2) is 66.9 Å². The number of phenols is 1. The lowest BCUT2D eigenvalue weighted by Gasteiger charge is -2.24. The molecule has 0 atom stereocenters. The summed E-state index contributed by atoms with van der Waals surface area (Å²) in [6.07, 6.45) is 3.65. The van der Waals surface area contributed by atoms with Crippen LogP contribution in [0.2, 0.25) is 0 Å². The van der Waals surface area contributed by atoms with Crippen LogP contribution >= 0.6 is 0 Å². The summed E-state index contributed by atoms with van der Waals surface area (Å²) < 4.78 is 5.89. The van der Waals surface area contributed by atoms with Crippen LogP contribution in [0.25, 0.3) is 11.1 Å². The Morgan fingerprint density at radius 1 is 0.966 bits per heavy atom. The molecule has 0 spiro atoms. The van der Waals surface area contributed by atoms with Gasteiger partial charge in [0.05, 0.1) is 5.69 Å². The summed E-state index contributed by atoms with van der Waals surface area (Å²) in [5, 5.41) is 9.94. The van der Waals surface area contributed by atoms with E-state index in [4.69, 9.17) is 4.74 Å². The van der Waals surface area contributed by atoms with Gasteiger partial charge in [-0.1, -0.05) is 24.3 Å². The van der Waals surface area contributed by atoms with Crippen molar-refractivity contribution in [3.05, 3.63) is 89.2 Å². The van der Waals surface area contributed by atoms with Gasteiger partial charge in [0.2, 0.25) is 0 Å². The summed E-state index contributed by atoms with van der Waals surface area (Å²) >= 11 is 0. The van der Waals surface area contributed by atoms with Crippen LogP contribution in [0.5, 0.6) is 11.5 Å². The molecule has 0 bridgehead atoms. The van der Waals surface area contributed by atoms with Crippen molar-refractivity contribution < 1.29 is 9.84 Å². The van der Waals surface area contributed by atoms with Crippen molar-refractivity contribution in [1.82, 2.24) is 9.88 Å². The summed E-state index contributed by atoms with van der Waals surface area (Å²) in [4.78, 5) is 6.97. The number of nitrogens with zero attached hydrogens (tertiary/aromatic N) is 2. The van der Waals surface area contributed by atoms with Gasteiger partial charge in [0.25, 0.3) is 0 Å². The Morgan fingerprint density at radius 3 is 2.59 bits per heavy atom. The minimum atomic E-state index is 0.319. The highest BCUT2D eigenvalue weighted by Gasteiger charge is 2.22. The fraction of sp³-hybridized carbons (Fsp3) is 0.240. The first kappa shape index (κ1) is 18.0. The second kappa shape index (κ2) is 7.72. The fourth-order valence-electron chi connectivity index (χ4n) is 4.01. The molecule has 1 aromatic heterocycles. The molecule has 0 unspecified atom stereocenters. The molecular weight excluding hydrogens is 360 g/mol. The van der Waals surface area contributed by atoms with E-state index in [0.717, 1.165) is 43.0 Å². The first-order valence-corrected chi connectivity index (χ1v) is 10.2. The van der Waals surface area contributed by atoms with E-state index in [1.807, 2.05) is 30.5 Å². The molecule has 1 N–H and O–H groups in total. The van der Waals surface area contributed by atoms with E-state index < -0.39 is 0 Å². The predicted molar refractivity (Wildman–Crippen MR) is 115 cm³/mol. The molecule has 2 aromatic carbocycles. The highest BCUT2D eigenvalue weighted by atomic mass is 16.5. The van der Waals surface area contributed by atoms with Crippen LogP contribution in [-0.4, -0.2) is 41.2 Å². The van der Waals surface area contributed by atoms with Gasteiger partial charge in [0.1, 0.15) is 18.1 Å². The van der Waals surface area contributed by atoms with Crippen LogP contribution in [0, 0.1) is 0 Å². The minimum Gasteiger partial charge on any atom is -0.508 e. The van der Waals surface area contributed by atoms with Crippen LogP contribution < -0.4 is 4.74 Å². The number of ether oxygens (including phenoxy) is 1. The molecule has 146 valence electrons. The van der Waals surface area contributed by atoms with Crippen molar-refractivity contribution in [2.75, 3.05) is 26.2 Å². The average molecular weight is 384 g/mol. The molecule has 1 aliphatic heterocycles. The van der Waals surface area contributed by atoms with E-state index in [0.29, 0.717) is 5.75 Å². The van der Waals surface area contributed by atoms with Crippen molar-refractivity contribution in [3.8, 4) is 11.5 Å². The molecule has 2 heterocycles. The molecule has 0 radical (unpaired) electrons. The first-order valence-electron chi connectivity index (χ1n) is 10.2. The highest BCUT2D eigenvalue weighted by molar-refractivity contribution is 6.00. The number of hydrogen-bond acceptors (Lipinski definition) is 4. The Labute approximate surface area is 171 Å². The van der Waals surface area contributed by atoms with Gasteiger partial charge in [0, 0.05) is 25.8 Å². The minimum absolute atomic E-state index is 0.319. The monoisotopic (exact) mass is 384 g/mol. The van der Waals surface area contributed by atoms with Gasteiger partial charge < -0.3 is 9.84 Å². The first-order chi connectivity index (χ1) is 14.3. The Balaban J connectivity index is 1.52. The number of aromatic nitrogens is 1. The predicted octanol–water partition coefficient (Wildman–Crippen LogP) is 4.39. The van der Waals surface area contributed by atoms with Crippen LogP contribution in [0.4, 0.5) is 0 Å². The Kier molecular flexibility index (Phi) is 4.78. The van der Waals surface area contributed by atoms with Gasteiger partial charge in [-0.15, -0.1) is 0 Å². The fourth-order valence-corrected chi connectivity index (χ4v) is 4.01. The zero-order chi connectivity index (χ0) is 19.6. The van der Waals surface area contributed by atoms with Crippen LogP contribution in [-0.2, 0) is 6.42 Å². The van der Waals surface area contributed by atoms with E-state index in [-0.39, 0.29) is 0 Å². The normalized spacial score (nSPS) is 15.9. The standard InChI is InChI=1S/C25H24N2O2/c28-20-7-11-22-19(17-20)6-10-23(24-3-1-2-12-26-24)25(22)18-4-8-21(9-5-18)29-16-15-27-13-14-27/h1-5,7-9,11-12,17,28H,6,10,13-16H2. The topological polar surface area (TPSA) is 45.4 Å². The molecule has 0 saturated carbocycles. The number of benzene rings is 2. The summed E-state index contributed by atoms with van der Waals surface area (Å²) in [7, 11) is 0. The van der Waals surface area contributed by atoms with Gasteiger partial charge in [-0.3, -0.25) is 9.88 Å². The maximum atomic E-state index is 9.94. The maximum absolute atomic E-state index is 9.94. The van der Waals surface area contributed by atoms with E-state index in [9.17, 15) is 5.11 Å². The molecule has 1 saturated heterocycles. The quantitative estimate of drug-likeness (QED) is 0.641. The number of aryl methyl sites for hydroxylation is 1. The molecule has 2 aliphatic rings. The SMILES string of the molecule is Oc1ccc2c(c1)CCC(c1ccccn1)=C2c1ccc(OCCN2CC2)cc1. The molecule has 5 rings (SSSR count). The third kappa shape index (κ3) is 3.89. The number of hydrogen-bond donors (Lipinski definition) is 1. The molecule has 0 amide bonds. The molecule has 4 nitrogen and oxygen atoms in total. The van der Waals surface area contributed by atoms with Gasteiger partial charge in [0.15, 0.2) is 0 Å². The van der Waals surface area contributed by atoms with Crippen molar-refractivity contribution in [1.29, 1.82) is 0 Å². The smallest absolute Gasteiger partial charge is 0.119 e. The number of phenolic OH excluding ortho intramolecular Hbond substituents is 1. The lowest BCUT2D eigenvalue weighted by molar-refractivity contribution is 0.292. The van der Waals surface area contributed by atoms with E-state index >= 15 is 0 Å². The average Bonchev–Trinajstić information content (AvgIpc) is 3.58. The third-order valence-corrected chi connectivity index (χ3v) is 5.64. The highest BCUT2D eigenvalue weighted by Crippen LogP contribution is 2.41. The van der Waals surface area contributed by atoms with Crippen molar-refractivity contribution in [3.63, 3.8) is 0 Å². The molecule has 4 heteroatoms. The van der Waals surface area contributed by atoms with E-state index in [1.165, 1.54) is 35.4 Å². The number of rotatable bonds is 6. The Morgan fingerprint density at radius 2 is 1.83 bits per heavy atom. The van der Waals surface area contributed by atoms with Crippen molar-refractivity contribution in [2.45, 2.75) is 12.8 Å². The summed E-state index contributed by atoms with van der Waals surface area (Å²) in [5.74, 6) is 1.22. The van der Waals surface area contributed by atoms with Crippen LogP contribution in [0.1, 0.15) is 28.8 Å². The maximum Gasteiger partial charge on any atom is 0.119 e. The van der Waals surface area contributed by atoms with Gasteiger partial charge >= 0.3 is 0 Å². The number of fused-ring (bicyclic) bond motifs is 1. The molecule has 29 heavy (non-hydrogen) atoms. The summed E-state index contributed by atoms with van der Waals surface area (Å²) in [5.41, 5.74) is 6.96. The van der Waals surface area contributed by atoms with Crippen LogP contribution in [0.3, 0.4) is 0 Å². The zero-order valence-corrected chi connectivity index (χ0v) is 16.3. The lowest BCUT2D eigenvalue weighted by Crippen LogP contribution is -2.10. The molecule has 1 fully saturated rings. The number of pyridine rings is 1. The molecular formula is C25H24N2O2. The van der Waals surface area contributed by atoms with Crippen molar-refractivity contribution >= 4 is 11.1 Å². The summed E-state index contributed by atoms with van der Waals surface area (Å²) in [6, 6.07) is 20.1. The Bertz CT molecular complexity index is 1040. The lowest BCUT2D eigenvalue weighted by atomic mass is 9.81. The third-order valence-electron chi connectivity index (χ3n) is 5.64.